The second-order valence-electron chi connectivity index (χ2n) is 6.08. The van der Waals surface area contributed by atoms with Gasteiger partial charge in [-0.05, 0) is 19.9 Å². The van der Waals surface area contributed by atoms with Crippen molar-refractivity contribution in [3.05, 3.63) is 52.9 Å². The number of carbonyl (C=O) groups excluding carboxylic acids is 1. The van der Waals surface area contributed by atoms with Crippen molar-refractivity contribution in [2.45, 2.75) is 19.9 Å². The number of amides is 1. The lowest BCUT2D eigenvalue weighted by molar-refractivity contribution is 0.0578. The number of halogens is 2. The normalized spacial score (nSPS) is 17.1. The second kappa shape index (κ2) is 6.68. The molecule has 0 saturated carbocycles. The highest BCUT2D eigenvalue weighted by molar-refractivity contribution is 5.95. The molecule has 7 heteroatoms. The van der Waals surface area contributed by atoms with Crippen LogP contribution in [0.1, 0.15) is 34.6 Å². The Labute approximate surface area is 139 Å². The number of nitrogens with zero attached hydrogens (tertiary/aromatic N) is 3. The number of H-pyrrole nitrogens is 1. The number of piperazine rings is 1. The summed E-state index contributed by atoms with van der Waals surface area (Å²) in [5.74, 6) is -1.15. The third kappa shape index (κ3) is 3.17. The number of rotatable bonds is 3. The number of carbonyl (C=O) groups is 1. The molecule has 5 nitrogen and oxygen atoms in total. The zero-order chi connectivity index (χ0) is 17.3. The van der Waals surface area contributed by atoms with E-state index < -0.39 is 11.6 Å². The summed E-state index contributed by atoms with van der Waals surface area (Å²) in [6.45, 7) is 6.12. The Morgan fingerprint density at radius 3 is 2.54 bits per heavy atom. The fourth-order valence-corrected chi connectivity index (χ4v) is 3.09. The number of hydrogen-bond acceptors (Lipinski definition) is 3. The van der Waals surface area contributed by atoms with Gasteiger partial charge >= 0.3 is 0 Å². The first kappa shape index (κ1) is 16.6. The zero-order valence-corrected chi connectivity index (χ0v) is 13.7. The summed E-state index contributed by atoms with van der Waals surface area (Å²) in [6.07, 6.45) is 1.54. The summed E-state index contributed by atoms with van der Waals surface area (Å²) < 4.78 is 27.0. The first-order valence-corrected chi connectivity index (χ1v) is 7.95. The molecule has 1 aliphatic rings. The lowest BCUT2D eigenvalue weighted by Crippen LogP contribution is -2.49. The van der Waals surface area contributed by atoms with Crippen molar-refractivity contribution in [1.29, 1.82) is 0 Å². The van der Waals surface area contributed by atoms with Gasteiger partial charge in [0, 0.05) is 49.5 Å². The molecule has 1 saturated heterocycles. The van der Waals surface area contributed by atoms with Crippen LogP contribution in [0.25, 0.3) is 0 Å². The monoisotopic (exact) mass is 334 g/mol. The number of aromatic nitrogens is 2. The number of aromatic amines is 1. The molecule has 1 atom stereocenters. The maximum atomic E-state index is 13.9. The summed E-state index contributed by atoms with van der Waals surface area (Å²) in [5.41, 5.74) is 1.81. The van der Waals surface area contributed by atoms with Crippen LogP contribution in [0.2, 0.25) is 0 Å². The Morgan fingerprint density at radius 1 is 1.25 bits per heavy atom. The fourth-order valence-electron chi connectivity index (χ4n) is 3.09. The van der Waals surface area contributed by atoms with Crippen molar-refractivity contribution >= 4 is 5.91 Å². The second-order valence-corrected chi connectivity index (χ2v) is 6.08. The molecular formula is C17H20F2N4O. The molecule has 128 valence electrons. The third-order valence-electron chi connectivity index (χ3n) is 4.62. The molecule has 0 bridgehead atoms. The molecule has 1 aromatic heterocycles. The van der Waals surface area contributed by atoms with E-state index in [-0.39, 0.29) is 11.9 Å². The van der Waals surface area contributed by atoms with Crippen LogP contribution in [0.5, 0.6) is 0 Å². The standard InChI is InChI=1S/C17H20F2N4O/c1-11-15(10-20-21-11)17(24)23-7-5-22(6-8-23)12(2)14-4-3-13(18)9-16(14)19/h3-4,9-10,12H,5-8H2,1-2H3,(H,20,21)/t12-/m1/s1. The van der Waals surface area contributed by atoms with Crippen molar-refractivity contribution < 1.29 is 13.6 Å². The average molecular weight is 334 g/mol. The van der Waals surface area contributed by atoms with Crippen molar-refractivity contribution in [2.24, 2.45) is 0 Å². The Balaban J connectivity index is 1.64. The van der Waals surface area contributed by atoms with E-state index in [4.69, 9.17) is 0 Å². The summed E-state index contributed by atoms with van der Waals surface area (Å²) in [5, 5.41) is 6.65. The third-order valence-corrected chi connectivity index (χ3v) is 4.62. The minimum absolute atomic E-state index is 0.0403. The smallest absolute Gasteiger partial charge is 0.257 e. The number of nitrogens with one attached hydrogen (secondary N) is 1. The molecule has 1 fully saturated rings. The van der Waals surface area contributed by atoms with Gasteiger partial charge < -0.3 is 4.90 Å². The average Bonchev–Trinajstić information content (AvgIpc) is 3.00. The minimum Gasteiger partial charge on any atom is -0.336 e. The van der Waals surface area contributed by atoms with E-state index in [0.717, 1.165) is 11.8 Å². The first-order valence-electron chi connectivity index (χ1n) is 7.95. The van der Waals surface area contributed by atoms with E-state index in [1.807, 2.05) is 13.8 Å². The highest BCUT2D eigenvalue weighted by Crippen LogP contribution is 2.25. The van der Waals surface area contributed by atoms with E-state index in [0.29, 0.717) is 37.3 Å². The summed E-state index contributed by atoms with van der Waals surface area (Å²) in [7, 11) is 0. The Bertz CT molecular complexity index is 738. The molecule has 0 spiro atoms. The van der Waals surface area contributed by atoms with Gasteiger partial charge in [0.05, 0.1) is 11.8 Å². The molecular weight excluding hydrogens is 314 g/mol. The van der Waals surface area contributed by atoms with Crippen LogP contribution in [0.4, 0.5) is 8.78 Å². The van der Waals surface area contributed by atoms with Crippen molar-refractivity contribution in [1.82, 2.24) is 20.0 Å². The number of aryl methyl sites for hydroxylation is 1. The molecule has 2 heterocycles. The predicted molar refractivity (Wildman–Crippen MR) is 85.6 cm³/mol. The van der Waals surface area contributed by atoms with Crippen LogP contribution >= 0.6 is 0 Å². The van der Waals surface area contributed by atoms with Crippen LogP contribution in [0, 0.1) is 18.6 Å². The summed E-state index contributed by atoms with van der Waals surface area (Å²) in [4.78, 5) is 16.3. The van der Waals surface area contributed by atoms with Gasteiger partial charge in [-0.1, -0.05) is 6.07 Å². The molecule has 1 amide bonds. The Hall–Kier alpha value is -2.28. The van der Waals surface area contributed by atoms with Gasteiger partial charge in [0.15, 0.2) is 0 Å². The molecule has 1 aliphatic heterocycles. The maximum absolute atomic E-state index is 13.9. The van der Waals surface area contributed by atoms with Gasteiger partial charge in [0.2, 0.25) is 0 Å². The lowest BCUT2D eigenvalue weighted by Gasteiger charge is -2.38. The van der Waals surface area contributed by atoms with Crippen LogP contribution in [0.15, 0.2) is 24.4 Å². The van der Waals surface area contributed by atoms with Gasteiger partial charge in [-0.15, -0.1) is 0 Å². The van der Waals surface area contributed by atoms with Crippen LogP contribution < -0.4 is 0 Å². The van der Waals surface area contributed by atoms with Gasteiger partial charge in [-0.3, -0.25) is 14.8 Å². The van der Waals surface area contributed by atoms with E-state index in [2.05, 4.69) is 15.1 Å². The van der Waals surface area contributed by atoms with E-state index in [1.54, 1.807) is 11.1 Å². The van der Waals surface area contributed by atoms with Gasteiger partial charge in [-0.2, -0.15) is 5.10 Å². The lowest BCUT2D eigenvalue weighted by atomic mass is 10.0. The van der Waals surface area contributed by atoms with Crippen molar-refractivity contribution in [3.8, 4) is 0 Å². The molecule has 0 aliphatic carbocycles. The largest absolute Gasteiger partial charge is 0.336 e. The molecule has 0 unspecified atom stereocenters. The maximum Gasteiger partial charge on any atom is 0.257 e. The fraction of sp³-hybridized carbons (Fsp3) is 0.412. The van der Waals surface area contributed by atoms with Crippen molar-refractivity contribution in [3.63, 3.8) is 0 Å². The summed E-state index contributed by atoms with van der Waals surface area (Å²) in [6, 6.07) is 3.50. The predicted octanol–water partition coefficient (Wildman–Crippen LogP) is 2.52. The van der Waals surface area contributed by atoms with E-state index >= 15 is 0 Å². The molecule has 2 aromatic rings. The van der Waals surface area contributed by atoms with Gasteiger partial charge in [0.1, 0.15) is 11.6 Å². The van der Waals surface area contributed by atoms with Crippen LogP contribution in [-0.4, -0.2) is 52.1 Å². The zero-order valence-electron chi connectivity index (χ0n) is 13.7. The van der Waals surface area contributed by atoms with Crippen LogP contribution in [0.3, 0.4) is 0 Å². The van der Waals surface area contributed by atoms with E-state index in [9.17, 15) is 13.6 Å². The topological polar surface area (TPSA) is 52.2 Å². The number of benzene rings is 1. The SMILES string of the molecule is Cc1[nH]ncc1C(=O)N1CCN([C@H](C)c2ccc(F)cc2F)CC1. The van der Waals surface area contributed by atoms with Crippen LogP contribution in [-0.2, 0) is 0 Å². The minimum atomic E-state index is -0.575. The Morgan fingerprint density at radius 2 is 1.96 bits per heavy atom. The molecule has 24 heavy (non-hydrogen) atoms. The number of hydrogen-bond donors (Lipinski definition) is 1. The highest BCUT2D eigenvalue weighted by Gasteiger charge is 2.27. The summed E-state index contributed by atoms with van der Waals surface area (Å²) >= 11 is 0. The van der Waals surface area contributed by atoms with Gasteiger partial charge in [-0.25, -0.2) is 8.78 Å². The molecule has 1 aromatic carbocycles. The quantitative estimate of drug-likeness (QED) is 0.938. The Kier molecular flexibility index (Phi) is 4.62. The van der Waals surface area contributed by atoms with E-state index in [1.165, 1.54) is 12.1 Å². The molecule has 0 radical (unpaired) electrons. The van der Waals surface area contributed by atoms with Gasteiger partial charge in [0.25, 0.3) is 5.91 Å². The molecule has 1 N–H and O–H groups in total. The van der Waals surface area contributed by atoms with Crippen molar-refractivity contribution in [2.75, 3.05) is 26.2 Å². The molecule has 3 rings (SSSR count). The highest BCUT2D eigenvalue weighted by atomic mass is 19.1. The first-order chi connectivity index (χ1) is 11.5.